The van der Waals surface area contributed by atoms with Crippen LogP contribution in [0.2, 0.25) is 0 Å². The van der Waals surface area contributed by atoms with E-state index in [1.807, 2.05) is 6.92 Å². The third-order valence-corrected chi connectivity index (χ3v) is 3.33. The fraction of sp³-hybridized carbons (Fsp3) is 0.333. The van der Waals surface area contributed by atoms with Gasteiger partial charge in [0.15, 0.2) is 0 Å². The highest BCUT2D eigenvalue weighted by Crippen LogP contribution is 2.28. The van der Waals surface area contributed by atoms with Crippen molar-refractivity contribution in [1.29, 1.82) is 0 Å². The second-order valence-corrected chi connectivity index (χ2v) is 5.67. The van der Waals surface area contributed by atoms with Gasteiger partial charge in [0.1, 0.15) is 0 Å². The van der Waals surface area contributed by atoms with Gasteiger partial charge in [-0.2, -0.15) is 0 Å². The molecule has 2 N–H and O–H groups in total. The summed E-state index contributed by atoms with van der Waals surface area (Å²) in [6.07, 6.45) is 1.12. The summed E-state index contributed by atoms with van der Waals surface area (Å²) in [6, 6.07) is 17.3. The molecule has 1 heteroatoms. The predicted octanol–water partition coefficient (Wildman–Crippen LogP) is 4.57. The van der Waals surface area contributed by atoms with Crippen LogP contribution in [0.1, 0.15) is 37.9 Å². The Labute approximate surface area is 116 Å². The number of benzene rings is 2. The maximum Gasteiger partial charge on any atom is 0.0272 e. The summed E-state index contributed by atoms with van der Waals surface area (Å²) >= 11 is 0. The Bertz CT molecular complexity index is 541. The zero-order chi connectivity index (χ0) is 13.8. The molecule has 0 heterocycles. The molecule has 0 spiro atoms. The van der Waals surface area contributed by atoms with E-state index in [0.717, 1.165) is 6.42 Å². The summed E-state index contributed by atoms with van der Waals surface area (Å²) in [7, 11) is 0. The SMILES string of the molecule is CC(C)Cc1cccc(-c2ccccc2C(C)N)c1. The molecule has 0 aliphatic heterocycles. The van der Waals surface area contributed by atoms with Crippen LogP contribution in [0, 0.1) is 5.92 Å². The molecule has 1 nitrogen and oxygen atoms in total. The molecule has 0 amide bonds. The maximum atomic E-state index is 6.07. The van der Waals surface area contributed by atoms with E-state index in [1.54, 1.807) is 0 Å². The molecule has 0 saturated heterocycles. The Morgan fingerprint density at radius 2 is 1.68 bits per heavy atom. The number of rotatable bonds is 4. The van der Waals surface area contributed by atoms with Crippen molar-refractivity contribution in [3.8, 4) is 11.1 Å². The van der Waals surface area contributed by atoms with Crippen molar-refractivity contribution in [1.82, 2.24) is 0 Å². The first kappa shape index (κ1) is 13.8. The molecule has 1 atom stereocenters. The number of hydrogen-bond acceptors (Lipinski definition) is 1. The lowest BCUT2D eigenvalue weighted by atomic mass is 9.93. The average Bonchev–Trinajstić information content (AvgIpc) is 2.38. The van der Waals surface area contributed by atoms with Gasteiger partial charge >= 0.3 is 0 Å². The van der Waals surface area contributed by atoms with Crippen LogP contribution >= 0.6 is 0 Å². The summed E-state index contributed by atoms with van der Waals surface area (Å²) in [5, 5.41) is 0. The fourth-order valence-corrected chi connectivity index (χ4v) is 2.49. The van der Waals surface area contributed by atoms with Crippen molar-refractivity contribution in [3.05, 3.63) is 59.7 Å². The van der Waals surface area contributed by atoms with Crippen molar-refractivity contribution in [2.24, 2.45) is 11.7 Å². The molecule has 2 aromatic carbocycles. The highest BCUT2D eigenvalue weighted by atomic mass is 14.6. The molecule has 0 saturated carbocycles. The van der Waals surface area contributed by atoms with Crippen LogP contribution in [0.5, 0.6) is 0 Å². The molecular weight excluding hydrogens is 230 g/mol. The zero-order valence-corrected chi connectivity index (χ0v) is 12.1. The van der Waals surface area contributed by atoms with E-state index in [4.69, 9.17) is 5.73 Å². The topological polar surface area (TPSA) is 26.0 Å². The molecule has 1 unspecified atom stereocenters. The van der Waals surface area contributed by atoms with Crippen molar-refractivity contribution in [2.75, 3.05) is 0 Å². The minimum atomic E-state index is 0.0601. The van der Waals surface area contributed by atoms with Crippen LogP contribution in [0.3, 0.4) is 0 Å². The lowest BCUT2D eigenvalue weighted by Gasteiger charge is -2.14. The van der Waals surface area contributed by atoms with Crippen molar-refractivity contribution in [2.45, 2.75) is 33.2 Å². The Kier molecular flexibility index (Phi) is 4.39. The van der Waals surface area contributed by atoms with Crippen LogP contribution in [0.25, 0.3) is 11.1 Å². The van der Waals surface area contributed by atoms with E-state index in [0.29, 0.717) is 5.92 Å². The Hall–Kier alpha value is -1.60. The van der Waals surface area contributed by atoms with Gasteiger partial charge in [-0.15, -0.1) is 0 Å². The summed E-state index contributed by atoms with van der Waals surface area (Å²) in [6.45, 7) is 6.54. The van der Waals surface area contributed by atoms with Gasteiger partial charge in [-0.1, -0.05) is 62.4 Å². The highest BCUT2D eigenvalue weighted by Gasteiger charge is 2.08. The second kappa shape index (κ2) is 6.03. The predicted molar refractivity (Wildman–Crippen MR) is 83.0 cm³/mol. The molecule has 19 heavy (non-hydrogen) atoms. The molecule has 100 valence electrons. The lowest BCUT2D eigenvalue weighted by Crippen LogP contribution is -2.06. The van der Waals surface area contributed by atoms with Crippen molar-refractivity contribution >= 4 is 0 Å². The van der Waals surface area contributed by atoms with E-state index < -0.39 is 0 Å². The minimum Gasteiger partial charge on any atom is -0.324 e. The smallest absolute Gasteiger partial charge is 0.0272 e. The second-order valence-electron chi connectivity index (χ2n) is 5.67. The normalized spacial score (nSPS) is 12.7. The zero-order valence-electron chi connectivity index (χ0n) is 12.1. The molecule has 0 aromatic heterocycles. The summed E-state index contributed by atoms with van der Waals surface area (Å²) in [5.74, 6) is 0.680. The molecule has 0 radical (unpaired) electrons. The van der Waals surface area contributed by atoms with Crippen LogP contribution in [0.4, 0.5) is 0 Å². The first-order valence-corrected chi connectivity index (χ1v) is 7.01. The third-order valence-electron chi connectivity index (χ3n) is 3.33. The molecule has 0 aliphatic carbocycles. The van der Waals surface area contributed by atoms with Gasteiger partial charge < -0.3 is 5.73 Å². The maximum absolute atomic E-state index is 6.07. The minimum absolute atomic E-state index is 0.0601. The van der Waals surface area contributed by atoms with Gasteiger partial charge in [-0.25, -0.2) is 0 Å². The monoisotopic (exact) mass is 253 g/mol. The Morgan fingerprint density at radius 3 is 2.37 bits per heavy atom. The van der Waals surface area contributed by atoms with Crippen molar-refractivity contribution < 1.29 is 0 Å². The van der Waals surface area contributed by atoms with Gasteiger partial charge in [0.05, 0.1) is 0 Å². The summed E-state index contributed by atoms with van der Waals surface area (Å²) in [5.41, 5.74) is 11.2. The standard InChI is InChI=1S/C18H23N/c1-13(2)11-15-7-6-8-16(12-15)18-10-5-4-9-17(18)14(3)19/h4-10,12-14H,11,19H2,1-3H3. The molecule has 0 fully saturated rings. The van der Waals surface area contributed by atoms with E-state index in [2.05, 4.69) is 62.4 Å². The van der Waals surface area contributed by atoms with Gasteiger partial charge in [-0.05, 0) is 41.5 Å². The fourth-order valence-electron chi connectivity index (χ4n) is 2.49. The number of hydrogen-bond donors (Lipinski definition) is 1. The van der Waals surface area contributed by atoms with E-state index in [-0.39, 0.29) is 6.04 Å². The van der Waals surface area contributed by atoms with E-state index in [1.165, 1.54) is 22.3 Å². The molecular formula is C18H23N. The Balaban J connectivity index is 2.42. The quantitative estimate of drug-likeness (QED) is 0.848. The van der Waals surface area contributed by atoms with Crippen LogP contribution in [-0.4, -0.2) is 0 Å². The van der Waals surface area contributed by atoms with Crippen LogP contribution < -0.4 is 5.73 Å². The molecule has 2 rings (SSSR count). The van der Waals surface area contributed by atoms with Gasteiger partial charge in [0, 0.05) is 6.04 Å². The van der Waals surface area contributed by atoms with E-state index in [9.17, 15) is 0 Å². The van der Waals surface area contributed by atoms with Gasteiger partial charge in [-0.3, -0.25) is 0 Å². The largest absolute Gasteiger partial charge is 0.324 e. The molecule has 0 bridgehead atoms. The van der Waals surface area contributed by atoms with Crippen LogP contribution in [-0.2, 0) is 6.42 Å². The summed E-state index contributed by atoms with van der Waals surface area (Å²) in [4.78, 5) is 0. The molecule has 2 aromatic rings. The van der Waals surface area contributed by atoms with Crippen molar-refractivity contribution in [3.63, 3.8) is 0 Å². The first-order chi connectivity index (χ1) is 9.08. The molecule has 0 aliphatic rings. The summed E-state index contributed by atoms with van der Waals surface area (Å²) < 4.78 is 0. The highest BCUT2D eigenvalue weighted by molar-refractivity contribution is 5.68. The lowest BCUT2D eigenvalue weighted by molar-refractivity contribution is 0.647. The van der Waals surface area contributed by atoms with Gasteiger partial charge in [0.2, 0.25) is 0 Å². The van der Waals surface area contributed by atoms with E-state index >= 15 is 0 Å². The number of nitrogens with two attached hydrogens (primary N) is 1. The first-order valence-electron chi connectivity index (χ1n) is 7.01. The Morgan fingerprint density at radius 1 is 0.947 bits per heavy atom. The van der Waals surface area contributed by atoms with Crippen LogP contribution in [0.15, 0.2) is 48.5 Å². The van der Waals surface area contributed by atoms with Gasteiger partial charge in [0.25, 0.3) is 0 Å². The third kappa shape index (κ3) is 3.45. The average molecular weight is 253 g/mol.